The van der Waals surface area contributed by atoms with Gasteiger partial charge in [-0.05, 0) is 0 Å². The van der Waals surface area contributed by atoms with Gasteiger partial charge in [-0.15, -0.1) is 0 Å². The molecule has 0 saturated heterocycles. The van der Waals surface area contributed by atoms with Crippen LogP contribution < -0.4 is 7.16 Å². The number of halogens is 2. The van der Waals surface area contributed by atoms with Crippen LogP contribution in [0.3, 0.4) is 0 Å². The van der Waals surface area contributed by atoms with Crippen molar-refractivity contribution in [1.29, 1.82) is 0 Å². The molecule has 0 N–H and O–H groups in total. The fourth-order valence-electron chi connectivity index (χ4n) is 2.81. The van der Waals surface area contributed by atoms with Gasteiger partial charge in [-0.2, -0.15) is 0 Å². The summed E-state index contributed by atoms with van der Waals surface area (Å²) in [6.45, 7) is 4.30. The van der Waals surface area contributed by atoms with Gasteiger partial charge in [0.15, 0.2) is 0 Å². The van der Waals surface area contributed by atoms with E-state index >= 15 is 0 Å². The molecule has 0 heterocycles. The van der Waals surface area contributed by atoms with Gasteiger partial charge >= 0.3 is 117 Å². The van der Waals surface area contributed by atoms with E-state index < -0.39 is 18.4 Å². The second kappa shape index (κ2) is 6.03. The zero-order chi connectivity index (χ0) is 13.9. The SMILES string of the molecule is C[CH2][Sn]([CH2]C)([c]1cccc(F)c1)[c]1cccc(F)c1. The zero-order valence-electron chi connectivity index (χ0n) is 11.3. The molecule has 2 aromatic rings. The third-order valence-electron chi connectivity index (χ3n) is 3.96. The molecule has 3 heteroatoms. The first kappa shape index (κ1) is 14.5. The standard InChI is InChI=1S/2C6H4F.2C2H5.Sn/c2*7-6-4-2-1-3-5-6;2*1-2;/h2*1-2,4-5H;2*1H2,2H3;. The van der Waals surface area contributed by atoms with E-state index in [-0.39, 0.29) is 11.6 Å². The Hall–Kier alpha value is -0.901. The minimum absolute atomic E-state index is 0.197. The van der Waals surface area contributed by atoms with Crippen molar-refractivity contribution in [2.75, 3.05) is 0 Å². The van der Waals surface area contributed by atoms with Crippen LogP contribution in [0.1, 0.15) is 13.8 Å². The van der Waals surface area contributed by atoms with Gasteiger partial charge in [0.1, 0.15) is 0 Å². The minimum atomic E-state index is -2.91. The van der Waals surface area contributed by atoms with Gasteiger partial charge in [0.05, 0.1) is 0 Å². The van der Waals surface area contributed by atoms with Gasteiger partial charge in [-0.25, -0.2) is 0 Å². The molecular weight excluding hydrogens is 349 g/mol. The Morgan fingerprint density at radius 3 is 1.53 bits per heavy atom. The van der Waals surface area contributed by atoms with Crippen molar-refractivity contribution in [2.24, 2.45) is 0 Å². The van der Waals surface area contributed by atoms with E-state index in [0.717, 1.165) is 16.0 Å². The predicted octanol–water partition coefficient (Wildman–Crippen LogP) is 3.57. The third kappa shape index (κ3) is 2.83. The van der Waals surface area contributed by atoms with Crippen molar-refractivity contribution in [3.05, 3.63) is 60.2 Å². The summed E-state index contributed by atoms with van der Waals surface area (Å²) in [4.78, 5) is 0. The zero-order valence-corrected chi connectivity index (χ0v) is 14.1. The second-order valence-corrected chi connectivity index (χ2v) is 18.3. The molecule has 0 bridgehead atoms. The molecule has 0 fully saturated rings. The first-order valence-corrected chi connectivity index (χ1v) is 13.5. The van der Waals surface area contributed by atoms with Gasteiger partial charge in [0.2, 0.25) is 0 Å². The van der Waals surface area contributed by atoms with E-state index in [4.69, 9.17) is 0 Å². The van der Waals surface area contributed by atoms with Crippen molar-refractivity contribution in [3.63, 3.8) is 0 Å². The van der Waals surface area contributed by atoms with Crippen LogP contribution in [0.4, 0.5) is 8.78 Å². The van der Waals surface area contributed by atoms with Crippen molar-refractivity contribution >= 4 is 25.5 Å². The molecule has 0 saturated carbocycles. The van der Waals surface area contributed by atoms with Gasteiger partial charge in [-0.1, -0.05) is 0 Å². The average Bonchev–Trinajstić information content (AvgIpc) is 2.41. The molecular formula is C16H18F2Sn. The summed E-state index contributed by atoms with van der Waals surface area (Å²) in [6, 6.07) is 13.8. The number of hydrogen-bond donors (Lipinski definition) is 0. The quantitative estimate of drug-likeness (QED) is 0.726. The van der Waals surface area contributed by atoms with Crippen molar-refractivity contribution in [1.82, 2.24) is 0 Å². The van der Waals surface area contributed by atoms with Gasteiger partial charge in [0, 0.05) is 0 Å². The molecule has 19 heavy (non-hydrogen) atoms. The van der Waals surface area contributed by atoms with Crippen molar-refractivity contribution < 1.29 is 8.78 Å². The number of rotatable bonds is 4. The Bertz CT molecular complexity index is 515. The van der Waals surface area contributed by atoms with Crippen LogP contribution in [0.2, 0.25) is 8.87 Å². The Balaban J connectivity index is 2.60. The number of benzene rings is 2. The van der Waals surface area contributed by atoms with Crippen LogP contribution in [-0.4, -0.2) is 18.4 Å². The van der Waals surface area contributed by atoms with Crippen LogP contribution >= 0.6 is 0 Å². The molecule has 2 rings (SSSR count). The van der Waals surface area contributed by atoms with Gasteiger partial charge in [-0.3, -0.25) is 0 Å². The summed E-state index contributed by atoms with van der Waals surface area (Å²) in [7, 11) is 0. The van der Waals surface area contributed by atoms with E-state index in [1.807, 2.05) is 12.1 Å². The summed E-state index contributed by atoms with van der Waals surface area (Å²) >= 11 is -2.91. The molecule has 0 amide bonds. The Morgan fingerprint density at radius 1 is 0.789 bits per heavy atom. The van der Waals surface area contributed by atoms with Crippen LogP contribution in [0.5, 0.6) is 0 Å². The van der Waals surface area contributed by atoms with E-state index in [1.54, 1.807) is 24.3 Å². The molecule has 0 spiro atoms. The molecule has 0 atom stereocenters. The summed E-state index contributed by atoms with van der Waals surface area (Å²) in [5, 5.41) is 0. The first-order valence-electron chi connectivity index (χ1n) is 6.64. The fraction of sp³-hybridized carbons (Fsp3) is 0.250. The second-order valence-electron chi connectivity index (χ2n) is 4.81. The van der Waals surface area contributed by atoms with Crippen LogP contribution in [-0.2, 0) is 0 Å². The summed E-state index contributed by atoms with van der Waals surface area (Å²) in [5.74, 6) is -0.395. The Kier molecular flexibility index (Phi) is 4.61. The monoisotopic (exact) mass is 368 g/mol. The molecule has 0 unspecified atom stereocenters. The molecule has 0 aromatic heterocycles. The van der Waals surface area contributed by atoms with E-state index in [0.29, 0.717) is 0 Å². The maximum atomic E-state index is 13.5. The van der Waals surface area contributed by atoms with Crippen LogP contribution in [0, 0.1) is 11.6 Å². The normalized spacial score (nSPS) is 11.6. The molecule has 2 aromatic carbocycles. The van der Waals surface area contributed by atoms with Crippen molar-refractivity contribution in [3.8, 4) is 0 Å². The van der Waals surface area contributed by atoms with Crippen LogP contribution in [0.15, 0.2) is 48.5 Å². The Morgan fingerprint density at radius 2 is 1.21 bits per heavy atom. The van der Waals surface area contributed by atoms with E-state index in [9.17, 15) is 8.78 Å². The summed E-state index contributed by atoms with van der Waals surface area (Å²) in [6.07, 6.45) is 0. The topological polar surface area (TPSA) is 0 Å². The van der Waals surface area contributed by atoms with E-state index in [1.165, 1.54) is 12.1 Å². The molecule has 0 aliphatic carbocycles. The molecule has 0 aliphatic heterocycles. The number of hydrogen-bond acceptors (Lipinski definition) is 0. The molecule has 0 nitrogen and oxygen atoms in total. The van der Waals surface area contributed by atoms with E-state index in [2.05, 4.69) is 13.8 Å². The summed E-state index contributed by atoms with van der Waals surface area (Å²) in [5.41, 5.74) is 0. The first-order chi connectivity index (χ1) is 9.12. The molecule has 100 valence electrons. The summed E-state index contributed by atoms with van der Waals surface area (Å²) < 4.78 is 31.3. The maximum absolute atomic E-state index is 13.5. The van der Waals surface area contributed by atoms with Crippen molar-refractivity contribution in [2.45, 2.75) is 22.7 Å². The predicted molar refractivity (Wildman–Crippen MR) is 78.8 cm³/mol. The molecule has 0 aliphatic rings. The molecule has 0 radical (unpaired) electrons. The van der Waals surface area contributed by atoms with Gasteiger partial charge in [0.25, 0.3) is 0 Å². The fourth-order valence-corrected chi connectivity index (χ4v) is 14.6. The Labute approximate surface area is 117 Å². The van der Waals surface area contributed by atoms with Crippen LogP contribution in [0.25, 0.3) is 0 Å². The average molecular weight is 367 g/mol. The third-order valence-corrected chi connectivity index (χ3v) is 18.9. The van der Waals surface area contributed by atoms with Gasteiger partial charge < -0.3 is 0 Å².